The van der Waals surface area contributed by atoms with E-state index in [1.807, 2.05) is 11.8 Å². The molecule has 1 N–H and O–H groups in total. The van der Waals surface area contributed by atoms with Crippen LogP contribution in [0, 0.1) is 0 Å². The van der Waals surface area contributed by atoms with Gasteiger partial charge in [-0.1, -0.05) is 13.8 Å². The predicted octanol–water partition coefficient (Wildman–Crippen LogP) is 1.40. The molecular formula is C13H26N2O2. The molecule has 1 aliphatic heterocycles. The molecule has 0 spiro atoms. The van der Waals surface area contributed by atoms with Gasteiger partial charge in [0.25, 0.3) is 5.91 Å². The number of hydrogen-bond acceptors (Lipinski definition) is 3. The highest BCUT2D eigenvalue weighted by Gasteiger charge is 2.23. The zero-order chi connectivity index (χ0) is 12.7. The van der Waals surface area contributed by atoms with Crippen molar-refractivity contribution in [2.24, 2.45) is 0 Å². The lowest BCUT2D eigenvalue weighted by atomic mass is 10.3. The van der Waals surface area contributed by atoms with Crippen LogP contribution in [-0.4, -0.2) is 49.2 Å². The van der Waals surface area contributed by atoms with Crippen molar-refractivity contribution in [3.05, 3.63) is 0 Å². The molecule has 0 radical (unpaired) electrons. The van der Waals surface area contributed by atoms with Crippen molar-refractivity contribution in [1.82, 2.24) is 10.2 Å². The number of carbonyl (C=O) groups excluding carboxylic acids is 1. The van der Waals surface area contributed by atoms with E-state index < -0.39 is 0 Å². The van der Waals surface area contributed by atoms with Crippen molar-refractivity contribution >= 4 is 5.91 Å². The highest BCUT2D eigenvalue weighted by molar-refractivity contribution is 5.80. The summed E-state index contributed by atoms with van der Waals surface area (Å²) >= 11 is 0. The van der Waals surface area contributed by atoms with Crippen LogP contribution in [0.2, 0.25) is 0 Å². The minimum absolute atomic E-state index is 0.152. The summed E-state index contributed by atoms with van der Waals surface area (Å²) in [7, 11) is 0. The quantitative estimate of drug-likeness (QED) is 0.686. The van der Waals surface area contributed by atoms with E-state index >= 15 is 0 Å². The lowest BCUT2D eigenvalue weighted by Crippen LogP contribution is -2.37. The van der Waals surface area contributed by atoms with E-state index in [4.69, 9.17) is 4.74 Å². The Morgan fingerprint density at radius 1 is 1.29 bits per heavy atom. The molecule has 0 aromatic heterocycles. The third-order valence-electron chi connectivity index (χ3n) is 3.01. The van der Waals surface area contributed by atoms with E-state index in [0.29, 0.717) is 12.6 Å². The van der Waals surface area contributed by atoms with E-state index in [1.54, 1.807) is 0 Å². The average Bonchev–Trinajstić information content (AvgIpc) is 2.80. The van der Waals surface area contributed by atoms with Gasteiger partial charge in [0.2, 0.25) is 0 Å². The summed E-state index contributed by atoms with van der Waals surface area (Å²) in [4.78, 5) is 13.8. The molecule has 1 atom stereocenters. The Balaban J connectivity index is 2.07. The molecule has 0 bridgehead atoms. The molecule has 1 heterocycles. The van der Waals surface area contributed by atoms with Gasteiger partial charge in [-0.3, -0.25) is 4.79 Å². The molecule has 1 rings (SSSR count). The number of amides is 1. The summed E-state index contributed by atoms with van der Waals surface area (Å²) in [6.07, 6.45) is 2.94. The second-order valence-electron chi connectivity index (χ2n) is 5.01. The normalized spacial score (nSPS) is 17.8. The molecule has 1 saturated heterocycles. The number of likely N-dealkylation sites (tertiary alicyclic amines) is 1. The molecule has 100 valence electrons. The Kier molecular flexibility index (Phi) is 6.52. The molecule has 1 unspecified atom stereocenters. The monoisotopic (exact) mass is 242 g/mol. The molecule has 0 aromatic carbocycles. The van der Waals surface area contributed by atoms with Crippen molar-refractivity contribution < 1.29 is 9.53 Å². The number of hydrogen-bond donors (Lipinski definition) is 1. The Labute approximate surface area is 105 Å². The highest BCUT2D eigenvalue weighted by Crippen LogP contribution is 2.10. The lowest BCUT2D eigenvalue weighted by Gasteiger charge is -2.20. The molecule has 0 saturated carbocycles. The Bertz CT molecular complexity index is 225. The van der Waals surface area contributed by atoms with Gasteiger partial charge in [-0.05, 0) is 32.7 Å². The number of nitrogens with one attached hydrogen (secondary N) is 1. The molecule has 1 fully saturated rings. The fourth-order valence-electron chi connectivity index (χ4n) is 1.99. The molecule has 1 amide bonds. The zero-order valence-electron chi connectivity index (χ0n) is 11.4. The van der Waals surface area contributed by atoms with Crippen molar-refractivity contribution in [3.8, 4) is 0 Å². The lowest BCUT2D eigenvalue weighted by molar-refractivity contribution is -0.141. The van der Waals surface area contributed by atoms with E-state index in [9.17, 15) is 4.79 Å². The van der Waals surface area contributed by atoms with Gasteiger partial charge in [0.1, 0.15) is 6.10 Å². The van der Waals surface area contributed by atoms with Gasteiger partial charge in [0, 0.05) is 25.7 Å². The van der Waals surface area contributed by atoms with Gasteiger partial charge in [0.15, 0.2) is 0 Å². The maximum atomic E-state index is 11.9. The van der Waals surface area contributed by atoms with Gasteiger partial charge < -0.3 is 15.0 Å². The van der Waals surface area contributed by atoms with Gasteiger partial charge in [0.05, 0.1) is 0 Å². The maximum Gasteiger partial charge on any atom is 0.251 e. The largest absolute Gasteiger partial charge is 0.369 e. The summed E-state index contributed by atoms with van der Waals surface area (Å²) < 4.78 is 5.57. The number of ether oxygens (including phenoxy) is 1. The predicted molar refractivity (Wildman–Crippen MR) is 69.0 cm³/mol. The van der Waals surface area contributed by atoms with E-state index in [-0.39, 0.29) is 12.0 Å². The fourth-order valence-corrected chi connectivity index (χ4v) is 1.99. The summed E-state index contributed by atoms with van der Waals surface area (Å²) in [5.74, 6) is 0.152. The Hall–Kier alpha value is -0.610. The SMILES string of the molecule is CC(C)NCCCOC(C)C(=O)N1CCCC1. The molecule has 17 heavy (non-hydrogen) atoms. The maximum absolute atomic E-state index is 11.9. The van der Waals surface area contributed by atoms with Gasteiger partial charge >= 0.3 is 0 Å². The van der Waals surface area contributed by atoms with Crippen LogP contribution < -0.4 is 5.32 Å². The zero-order valence-corrected chi connectivity index (χ0v) is 11.4. The third-order valence-corrected chi connectivity index (χ3v) is 3.01. The van der Waals surface area contributed by atoms with Crippen LogP contribution >= 0.6 is 0 Å². The van der Waals surface area contributed by atoms with Crippen LogP contribution in [-0.2, 0) is 9.53 Å². The summed E-state index contributed by atoms with van der Waals surface area (Å²) in [5, 5.41) is 3.33. The van der Waals surface area contributed by atoms with Crippen molar-refractivity contribution in [2.45, 2.75) is 52.2 Å². The second kappa shape index (κ2) is 7.67. The number of carbonyl (C=O) groups is 1. The van der Waals surface area contributed by atoms with E-state index in [0.717, 1.165) is 38.9 Å². The molecular weight excluding hydrogens is 216 g/mol. The first-order valence-corrected chi connectivity index (χ1v) is 6.75. The molecule has 0 aromatic rings. The van der Waals surface area contributed by atoms with Crippen molar-refractivity contribution in [1.29, 1.82) is 0 Å². The van der Waals surface area contributed by atoms with Crippen LogP contribution in [0.4, 0.5) is 0 Å². The standard InChI is InChI=1S/C13H26N2O2/c1-11(2)14-7-6-10-17-12(3)13(16)15-8-4-5-9-15/h11-12,14H,4-10H2,1-3H3. The minimum Gasteiger partial charge on any atom is -0.369 e. The van der Waals surface area contributed by atoms with E-state index in [1.165, 1.54) is 0 Å². The summed E-state index contributed by atoms with van der Waals surface area (Å²) in [6, 6.07) is 0.513. The van der Waals surface area contributed by atoms with Crippen molar-refractivity contribution in [2.75, 3.05) is 26.2 Å². The molecule has 0 aliphatic carbocycles. The summed E-state index contributed by atoms with van der Waals surface area (Å²) in [5.41, 5.74) is 0. The van der Waals surface area contributed by atoms with Crippen LogP contribution in [0.15, 0.2) is 0 Å². The van der Waals surface area contributed by atoms with Crippen molar-refractivity contribution in [3.63, 3.8) is 0 Å². The fraction of sp³-hybridized carbons (Fsp3) is 0.923. The topological polar surface area (TPSA) is 41.6 Å². The first-order chi connectivity index (χ1) is 8.11. The molecule has 1 aliphatic rings. The van der Waals surface area contributed by atoms with Crippen LogP contribution in [0.25, 0.3) is 0 Å². The summed E-state index contributed by atoms with van der Waals surface area (Å²) in [6.45, 7) is 9.52. The number of rotatable bonds is 7. The average molecular weight is 242 g/mol. The smallest absolute Gasteiger partial charge is 0.251 e. The highest BCUT2D eigenvalue weighted by atomic mass is 16.5. The first-order valence-electron chi connectivity index (χ1n) is 6.75. The molecule has 4 heteroatoms. The van der Waals surface area contributed by atoms with Crippen LogP contribution in [0.3, 0.4) is 0 Å². The van der Waals surface area contributed by atoms with Crippen LogP contribution in [0.5, 0.6) is 0 Å². The number of nitrogens with zero attached hydrogens (tertiary/aromatic N) is 1. The first kappa shape index (κ1) is 14.5. The van der Waals surface area contributed by atoms with Gasteiger partial charge in [-0.15, -0.1) is 0 Å². The van der Waals surface area contributed by atoms with Gasteiger partial charge in [-0.25, -0.2) is 0 Å². The minimum atomic E-state index is -0.285. The molecule has 4 nitrogen and oxygen atoms in total. The Morgan fingerprint density at radius 3 is 2.53 bits per heavy atom. The Morgan fingerprint density at radius 2 is 1.94 bits per heavy atom. The third kappa shape index (κ3) is 5.50. The van der Waals surface area contributed by atoms with Crippen LogP contribution in [0.1, 0.15) is 40.0 Å². The van der Waals surface area contributed by atoms with E-state index in [2.05, 4.69) is 19.2 Å². The second-order valence-corrected chi connectivity index (χ2v) is 5.01. The van der Waals surface area contributed by atoms with Gasteiger partial charge in [-0.2, -0.15) is 0 Å².